The molecule has 10 rings (SSSR count). The number of hydrogen-bond donors (Lipinski definition) is 3. The number of fused-ring (bicyclic) bond motifs is 4. The molecule has 0 aliphatic carbocycles. The van der Waals surface area contributed by atoms with Crippen LogP contribution >= 0.6 is 11.6 Å². The molecule has 19 heteroatoms. The monoisotopic (exact) mass is 992 g/mol. The van der Waals surface area contributed by atoms with Gasteiger partial charge >= 0.3 is 0 Å². The van der Waals surface area contributed by atoms with Crippen LogP contribution < -0.4 is 24.8 Å². The smallest absolute Gasteiger partial charge is 0.269 e. The molecule has 378 valence electrons. The second kappa shape index (κ2) is 25.3. The van der Waals surface area contributed by atoms with E-state index < -0.39 is 0 Å². The number of nitrogens with zero attached hydrogens (tertiary/aromatic N) is 8. The Hall–Kier alpha value is -6.83. The van der Waals surface area contributed by atoms with Crippen molar-refractivity contribution >= 4 is 56.7 Å². The number of pyridine rings is 3. The van der Waals surface area contributed by atoms with E-state index in [1.807, 2.05) is 54.4 Å². The van der Waals surface area contributed by atoms with Gasteiger partial charge in [0.1, 0.15) is 64.3 Å². The molecule has 4 aliphatic rings. The molecule has 2 saturated heterocycles. The van der Waals surface area contributed by atoms with Crippen molar-refractivity contribution in [2.75, 3.05) is 92.3 Å². The Kier molecular flexibility index (Phi) is 19.1. The molecule has 71 heavy (non-hydrogen) atoms. The van der Waals surface area contributed by atoms with Crippen molar-refractivity contribution in [1.29, 1.82) is 0 Å². The van der Waals surface area contributed by atoms with Crippen LogP contribution in [0.15, 0.2) is 108 Å². The lowest BCUT2D eigenvalue weighted by molar-refractivity contribution is -0.124. The van der Waals surface area contributed by atoms with Gasteiger partial charge in [-0.05, 0) is 62.4 Å². The van der Waals surface area contributed by atoms with Crippen molar-refractivity contribution in [3.8, 4) is 28.7 Å². The van der Waals surface area contributed by atoms with Crippen LogP contribution in [-0.4, -0.2) is 161 Å². The summed E-state index contributed by atoms with van der Waals surface area (Å²) < 4.78 is 30.4. The van der Waals surface area contributed by atoms with Gasteiger partial charge in [0.25, 0.3) is 5.91 Å². The average Bonchev–Trinajstić information content (AvgIpc) is 3.88. The molecule has 0 radical (unpaired) electrons. The van der Waals surface area contributed by atoms with E-state index in [9.17, 15) is 14.7 Å². The van der Waals surface area contributed by atoms with E-state index in [2.05, 4.69) is 40.4 Å². The molecule has 0 spiro atoms. The van der Waals surface area contributed by atoms with Crippen LogP contribution in [0.4, 0.5) is 0 Å². The number of halogens is 1. The third kappa shape index (κ3) is 13.1. The fraction of sp³-hybridized carbons (Fsp3) is 0.385. The highest BCUT2D eigenvalue weighted by Crippen LogP contribution is 2.33. The Bertz CT molecular complexity index is 2860. The van der Waals surface area contributed by atoms with Gasteiger partial charge in [0, 0.05) is 119 Å². The molecule has 4 aromatic heterocycles. The maximum absolute atomic E-state index is 12.2. The molecular weight excluding hydrogens is 928 g/mol. The van der Waals surface area contributed by atoms with Crippen molar-refractivity contribution in [3.63, 3.8) is 0 Å². The van der Waals surface area contributed by atoms with Gasteiger partial charge in [-0.15, -0.1) is 11.6 Å². The first kappa shape index (κ1) is 53.5. The zero-order valence-electron chi connectivity index (χ0n) is 39.1. The van der Waals surface area contributed by atoms with Crippen LogP contribution in [0.3, 0.4) is 0 Å². The van der Waals surface area contributed by atoms with Crippen LogP contribution in [0.5, 0.6) is 28.7 Å². The number of rotatable bonds is 12. The number of aromatic hydroxyl groups is 1. The Morgan fingerprint density at radius 1 is 0.817 bits per heavy atom. The summed E-state index contributed by atoms with van der Waals surface area (Å²) in [4.78, 5) is 48.6. The number of amides is 2. The fourth-order valence-electron chi connectivity index (χ4n) is 8.28. The Balaban J connectivity index is 0.000000197. The minimum Gasteiger partial charge on any atom is -0.508 e. The van der Waals surface area contributed by atoms with Gasteiger partial charge in [-0.2, -0.15) is 0 Å². The fourth-order valence-corrected chi connectivity index (χ4v) is 8.52. The average molecular weight is 994 g/mol. The normalized spacial score (nSPS) is 17.5. The van der Waals surface area contributed by atoms with E-state index in [0.717, 1.165) is 93.6 Å². The van der Waals surface area contributed by atoms with Gasteiger partial charge in [-0.25, -0.2) is 4.98 Å². The zero-order chi connectivity index (χ0) is 48.3. The number of aromatic nitrogens is 4. The number of phenolic OH excluding ortho intramolecular Hbond substituents is 1. The lowest BCUT2D eigenvalue weighted by Gasteiger charge is -2.26. The molecule has 2 amide bonds. The number of imidazole rings is 1. The first-order valence-corrected chi connectivity index (χ1v) is 23.5. The SMILES string of the molecule is C.C.CNC(=O)C1C(C)N=C2C=C(Oc3ccnc4cc(OCCN5CCOCC5)ccc34)C=CN21.CNC(=O)c1c(C)nc2cc(Oc3ccnc4cc(O)ccc34)ccn12.ClCCN1CCOCC1. The minimum absolute atomic E-state index is 0. The van der Waals surface area contributed by atoms with Crippen molar-refractivity contribution in [2.24, 2.45) is 4.99 Å². The summed E-state index contributed by atoms with van der Waals surface area (Å²) in [5.41, 5.74) is 3.21. The summed E-state index contributed by atoms with van der Waals surface area (Å²) in [6.07, 6.45) is 10.7. The second-order valence-corrected chi connectivity index (χ2v) is 16.8. The highest BCUT2D eigenvalue weighted by molar-refractivity contribution is 6.18. The number of benzene rings is 2. The van der Waals surface area contributed by atoms with Crippen molar-refractivity contribution < 1.29 is 38.4 Å². The van der Waals surface area contributed by atoms with Gasteiger partial charge in [-0.1, -0.05) is 14.9 Å². The molecule has 18 nitrogen and oxygen atoms in total. The number of amidine groups is 1. The van der Waals surface area contributed by atoms with Gasteiger partial charge in [0.05, 0.1) is 49.2 Å². The third-order valence-corrected chi connectivity index (χ3v) is 12.0. The number of carbonyl (C=O) groups excluding carboxylic acids is 2. The summed E-state index contributed by atoms with van der Waals surface area (Å²) in [7, 11) is 3.23. The maximum atomic E-state index is 12.2. The number of hydrogen-bond acceptors (Lipinski definition) is 15. The molecular formula is C52H65ClN10O8. The largest absolute Gasteiger partial charge is 0.508 e. The van der Waals surface area contributed by atoms with E-state index in [4.69, 9.17) is 35.3 Å². The van der Waals surface area contributed by atoms with Crippen LogP contribution in [0, 0.1) is 6.92 Å². The highest BCUT2D eigenvalue weighted by Gasteiger charge is 2.38. The third-order valence-electron chi connectivity index (χ3n) is 11.9. The van der Waals surface area contributed by atoms with E-state index in [1.165, 1.54) is 0 Å². The van der Waals surface area contributed by atoms with Crippen molar-refractivity contribution in [1.82, 2.24) is 44.7 Å². The van der Waals surface area contributed by atoms with Crippen LogP contribution in [0.25, 0.3) is 27.5 Å². The number of phenols is 1. The number of aliphatic imine (C=N–C) groups is 1. The highest BCUT2D eigenvalue weighted by atomic mass is 35.5. The minimum atomic E-state index is -0.350. The molecule has 3 N–H and O–H groups in total. The zero-order valence-corrected chi connectivity index (χ0v) is 39.9. The summed E-state index contributed by atoms with van der Waals surface area (Å²) in [6.45, 7) is 13.5. The van der Waals surface area contributed by atoms with E-state index >= 15 is 0 Å². The number of carbonyl (C=O) groups is 2. The Labute approximate surface area is 419 Å². The number of likely N-dealkylation sites (N-methyl/N-ethyl adjacent to an activating group) is 1. The van der Waals surface area contributed by atoms with Crippen LogP contribution in [0.1, 0.15) is 38.0 Å². The number of allylic oxidation sites excluding steroid dienone is 1. The predicted molar refractivity (Wildman–Crippen MR) is 277 cm³/mol. The van der Waals surface area contributed by atoms with Crippen LogP contribution in [-0.2, 0) is 14.3 Å². The first-order chi connectivity index (χ1) is 33.6. The number of alkyl halides is 1. The molecule has 0 bridgehead atoms. The molecule has 4 aliphatic heterocycles. The summed E-state index contributed by atoms with van der Waals surface area (Å²) in [5, 5.41) is 16.6. The number of ether oxygens (including phenoxy) is 5. The van der Waals surface area contributed by atoms with Gasteiger partial charge < -0.3 is 44.3 Å². The van der Waals surface area contributed by atoms with Gasteiger partial charge in [0.2, 0.25) is 5.91 Å². The number of nitrogens with one attached hydrogen (secondary N) is 2. The lowest BCUT2D eigenvalue weighted by Crippen LogP contribution is -2.46. The topological polar surface area (TPSA) is 190 Å². The van der Waals surface area contributed by atoms with E-state index in [1.54, 1.807) is 80.4 Å². The second-order valence-electron chi connectivity index (χ2n) is 16.4. The first-order valence-electron chi connectivity index (χ1n) is 22.9. The lowest BCUT2D eigenvalue weighted by atomic mass is 10.1. The van der Waals surface area contributed by atoms with E-state index in [-0.39, 0.29) is 44.5 Å². The van der Waals surface area contributed by atoms with Gasteiger partial charge in [-0.3, -0.25) is 38.7 Å². The summed E-state index contributed by atoms with van der Waals surface area (Å²) in [5.74, 6) is 4.70. The molecule has 2 unspecified atom stereocenters. The maximum Gasteiger partial charge on any atom is 0.269 e. The number of morpholine rings is 2. The van der Waals surface area contributed by atoms with Crippen molar-refractivity contribution in [3.05, 3.63) is 115 Å². The van der Waals surface area contributed by atoms with Crippen molar-refractivity contribution in [2.45, 2.75) is 40.8 Å². The van der Waals surface area contributed by atoms with Gasteiger partial charge in [0.15, 0.2) is 0 Å². The molecule has 2 fully saturated rings. The molecule has 0 saturated carbocycles. The molecule has 6 aromatic rings. The standard InChI is InChI=1S/C25H29N5O4.C19H16N4O3.C6H12ClNO.2CH4/c1-17-24(25(31)26-2)30-8-6-19(16-23(30)28-17)34-22-5-7-27-21-15-18(3-4-20(21)22)33-14-11-29-9-12-32-13-10-29;1-11-18(19(25)20-2)23-8-6-13(10-17(23)22-11)26-16-5-7-21-15-9-12(24)3-4-14(15)16;7-1-2-8-3-5-9-6-4-8;;/h3-8,15-17,24H,9-14H2,1-2H3,(H,26,31);3-10,24H,1-2H3,(H,20,25);1-6H2;2*1H4. The summed E-state index contributed by atoms with van der Waals surface area (Å²) in [6, 6.07) is 17.4. The summed E-state index contributed by atoms with van der Waals surface area (Å²) >= 11 is 5.55. The number of aryl methyl sites for hydroxylation is 1. The quantitative estimate of drug-likeness (QED) is 0.108. The molecule has 8 heterocycles. The van der Waals surface area contributed by atoms with Crippen LogP contribution in [0.2, 0.25) is 0 Å². The molecule has 2 atom stereocenters. The van der Waals surface area contributed by atoms with E-state index in [0.29, 0.717) is 58.0 Å². The Morgan fingerprint density at radius 2 is 1.46 bits per heavy atom. The predicted octanol–water partition coefficient (Wildman–Crippen LogP) is 6.83. The molecule has 2 aromatic carbocycles. The Morgan fingerprint density at radius 3 is 2.13 bits per heavy atom.